The second-order valence-corrected chi connectivity index (χ2v) is 10.5. The zero-order valence-corrected chi connectivity index (χ0v) is 21.2. The second kappa shape index (κ2) is 10.1. The SMILES string of the molecule is Cc1ccccc1COc1ccc2c(C)c(CCC(=O)N3CC[C@@]4(O)CCCC[C@H]4C3)c(=O)oc2c1. The van der Waals surface area contributed by atoms with Crippen molar-refractivity contribution in [1.82, 2.24) is 4.90 Å². The molecule has 2 aliphatic rings. The number of carbonyl (C=O) groups excluding carboxylic acids is 1. The van der Waals surface area contributed by atoms with Crippen LogP contribution in [0.2, 0.25) is 0 Å². The van der Waals surface area contributed by atoms with Gasteiger partial charge in [-0.15, -0.1) is 0 Å². The number of benzene rings is 2. The first kappa shape index (κ1) is 24.6. The largest absolute Gasteiger partial charge is 0.489 e. The number of likely N-dealkylation sites (tertiary alicyclic amines) is 1. The fourth-order valence-electron chi connectivity index (χ4n) is 5.87. The normalized spacial score (nSPS) is 21.9. The molecule has 0 bridgehead atoms. The number of hydrogen-bond donors (Lipinski definition) is 1. The van der Waals surface area contributed by atoms with Crippen molar-refractivity contribution < 1.29 is 19.1 Å². The van der Waals surface area contributed by atoms with E-state index in [1.807, 2.05) is 42.2 Å². The molecule has 6 heteroatoms. The summed E-state index contributed by atoms with van der Waals surface area (Å²) >= 11 is 0. The predicted molar refractivity (Wildman–Crippen MR) is 139 cm³/mol. The van der Waals surface area contributed by atoms with Gasteiger partial charge in [0, 0.05) is 42.4 Å². The van der Waals surface area contributed by atoms with Crippen LogP contribution < -0.4 is 10.4 Å². The molecule has 1 aliphatic heterocycles. The summed E-state index contributed by atoms with van der Waals surface area (Å²) in [5.41, 5.74) is 3.16. The van der Waals surface area contributed by atoms with Crippen LogP contribution in [0.25, 0.3) is 11.0 Å². The van der Waals surface area contributed by atoms with Gasteiger partial charge in [0.1, 0.15) is 17.9 Å². The molecule has 190 valence electrons. The number of ether oxygens (including phenoxy) is 1. The smallest absolute Gasteiger partial charge is 0.339 e. The van der Waals surface area contributed by atoms with E-state index in [-0.39, 0.29) is 18.2 Å². The Morgan fingerprint density at radius 3 is 2.83 bits per heavy atom. The van der Waals surface area contributed by atoms with Crippen LogP contribution in [-0.2, 0) is 17.8 Å². The summed E-state index contributed by atoms with van der Waals surface area (Å²) in [5.74, 6) is 0.851. The summed E-state index contributed by atoms with van der Waals surface area (Å²) in [7, 11) is 0. The topological polar surface area (TPSA) is 80.0 Å². The van der Waals surface area contributed by atoms with E-state index in [1.165, 1.54) is 5.56 Å². The lowest BCUT2D eigenvalue weighted by Crippen LogP contribution is -2.54. The van der Waals surface area contributed by atoms with Gasteiger partial charge in [0.15, 0.2) is 0 Å². The van der Waals surface area contributed by atoms with Gasteiger partial charge in [-0.2, -0.15) is 0 Å². The molecule has 1 N–H and O–H groups in total. The summed E-state index contributed by atoms with van der Waals surface area (Å²) in [6.45, 7) is 5.61. The minimum Gasteiger partial charge on any atom is -0.489 e. The van der Waals surface area contributed by atoms with E-state index >= 15 is 0 Å². The third-order valence-corrected chi connectivity index (χ3v) is 8.28. The molecule has 36 heavy (non-hydrogen) atoms. The number of aryl methyl sites for hydroxylation is 2. The first-order valence-corrected chi connectivity index (χ1v) is 13.1. The minimum atomic E-state index is -0.604. The van der Waals surface area contributed by atoms with Crippen LogP contribution in [0.3, 0.4) is 0 Å². The predicted octanol–water partition coefficient (Wildman–Crippen LogP) is 5.08. The lowest BCUT2D eigenvalue weighted by Gasteiger charge is -2.47. The first-order chi connectivity index (χ1) is 17.3. The summed E-state index contributed by atoms with van der Waals surface area (Å²) in [4.78, 5) is 27.7. The molecular weight excluding hydrogens is 454 g/mol. The Labute approximate surface area is 211 Å². The van der Waals surface area contributed by atoms with E-state index in [2.05, 4.69) is 13.0 Å². The quantitative estimate of drug-likeness (QED) is 0.489. The van der Waals surface area contributed by atoms with Gasteiger partial charge < -0.3 is 19.2 Å². The van der Waals surface area contributed by atoms with Crippen LogP contribution in [-0.4, -0.2) is 34.6 Å². The van der Waals surface area contributed by atoms with Crippen LogP contribution in [0.1, 0.15) is 60.8 Å². The molecule has 2 aromatic carbocycles. The highest BCUT2D eigenvalue weighted by molar-refractivity contribution is 5.83. The molecule has 1 aliphatic carbocycles. The molecule has 5 rings (SSSR count). The molecule has 1 saturated carbocycles. The highest BCUT2D eigenvalue weighted by Gasteiger charge is 2.43. The Bertz CT molecular complexity index is 1330. The van der Waals surface area contributed by atoms with Gasteiger partial charge >= 0.3 is 5.63 Å². The molecule has 2 atom stereocenters. The molecule has 1 saturated heterocycles. The number of carbonyl (C=O) groups is 1. The fourth-order valence-corrected chi connectivity index (χ4v) is 5.87. The standard InChI is InChI=1S/C30H35NO5/c1-20-7-3-4-8-22(20)19-35-24-10-11-25-21(2)26(29(33)36-27(25)17-24)12-13-28(32)31-16-15-30(34)14-6-5-9-23(30)18-31/h3-4,7-8,10-11,17,23,34H,5-6,9,12-16,18-19H2,1-2H3/t23-,30-/m0/s1. The molecule has 0 radical (unpaired) electrons. The highest BCUT2D eigenvalue weighted by atomic mass is 16.5. The highest BCUT2D eigenvalue weighted by Crippen LogP contribution is 2.40. The molecule has 1 aromatic heterocycles. The molecule has 2 fully saturated rings. The van der Waals surface area contributed by atoms with E-state index in [9.17, 15) is 14.7 Å². The minimum absolute atomic E-state index is 0.0430. The summed E-state index contributed by atoms with van der Waals surface area (Å²) in [5, 5.41) is 11.7. The molecule has 0 unspecified atom stereocenters. The van der Waals surface area contributed by atoms with Crippen molar-refractivity contribution in [3.63, 3.8) is 0 Å². The first-order valence-electron chi connectivity index (χ1n) is 13.1. The van der Waals surface area contributed by atoms with Gasteiger partial charge in [0.05, 0.1) is 5.60 Å². The Morgan fingerprint density at radius 2 is 2.00 bits per heavy atom. The van der Waals surface area contributed by atoms with Gasteiger partial charge in [0.2, 0.25) is 5.91 Å². The third kappa shape index (κ3) is 4.92. The van der Waals surface area contributed by atoms with Gasteiger partial charge in [0.25, 0.3) is 0 Å². The van der Waals surface area contributed by atoms with E-state index in [0.717, 1.165) is 42.2 Å². The number of aliphatic hydroxyl groups is 1. The van der Waals surface area contributed by atoms with Crippen molar-refractivity contribution >= 4 is 16.9 Å². The van der Waals surface area contributed by atoms with Gasteiger partial charge in [-0.3, -0.25) is 4.79 Å². The number of piperidine rings is 1. The molecule has 0 spiro atoms. The van der Waals surface area contributed by atoms with Gasteiger partial charge in [-0.1, -0.05) is 37.1 Å². The zero-order valence-electron chi connectivity index (χ0n) is 21.2. The van der Waals surface area contributed by atoms with E-state index in [4.69, 9.17) is 9.15 Å². The lowest BCUT2D eigenvalue weighted by atomic mass is 9.71. The van der Waals surface area contributed by atoms with E-state index in [1.54, 1.807) is 6.07 Å². The number of nitrogens with zero attached hydrogens (tertiary/aromatic N) is 1. The molecule has 2 heterocycles. The Kier molecular flexibility index (Phi) is 6.89. The Hall–Kier alpha value is -3.12. The second-order valence-electron chi connectivity index (χ2n) is 10.5. The zero-order chi connectivity index (χ0) is 25.3. The average Bonchev–Trinajstić information content (AvgIpc) is 2.87. The number of fused-ring (bicyclic) bond motifs is 2. The van der Waals surface area contributed by atoms with E-state index < -0.39 is 11.2 Å². The van der Waals surface area contributed by atoms with Gasteiger partial charge in [-0.25, -0.2) is 4.79 Å². The number of amides is 1. The maximum Gasteiger partial charge on any atom is 0.339 e. The van der Waals surface area contributed by atoms with Crippen molar-refractivity contribution in [2.24, 2.45) is 5.92 Å². The molecule has 3 aromatic rings. The monoisotopic (exact) mass is 489 g/mol. The third-order valence-electron chi connectivity index (χ3n) is 8.28. The van der Waals surface area contributed by atoms with Crippen LogP contribution in [0.4, 0.5) is 0 Å². The van der Waals surface area contributed by atoms with Crippen molar-refractivity contribution in [3.05, 3.63) is 75.1 Å². The van der Waals surface area contributed by atoms with Crippen LogP contribution >= 0.6 is 0 Å². The van der Waals surface area contributed by atoms with Crippen molar-refractivity contribution in [2.45, 2.75) is 71.0 Å². The van der Waals surface area contributed by atoms with Crippen molar-refractivity contribution in [3.8, 4) is 5.75 Å². The number of rotatable bonds is 6. The molecule has 1 amide bonds. The number of hydrogen-bond acceptors (Lipinski definition) is 5. The molecular formula is C30H35NO5. The van der Waals surface area contributed by atoms with Crippen molar-refractivity contribution in [1.29, 1.82) is 0 Å². The molecule has 6 nitrogen and oxygen atoms in total. The van der Waals surface area contributed by atoms with Crippen LogP contribution in [0.15, 0.2) is 51.7 Å². The summed E-state index contributed by atoms with van der Waals surface area (Å²) in [6.07, 6.45) is 5.26. The van der Waals surface area contributed by atoms with Crippen LogP contribution in [0, 0.1) is 19.8 Å². The fraction of sp³-hybridized carbons (Fsp3) is 0.467. The lowest BCUT2D eigenvalue weighted by molar-refractivity contribution is -0.143. The summed E-state index contributed by atoms with van der Waals surface area (Å²) in [6, 6.07) is 13.6. The Balaban J connectivity index is 1.26. The van der Waals surface area contributed by atoms with Crippen LogP contribution in [0.5, 0.6) is 5.75 Å². The maximum atomic E-state index is 13.0. The van der Waals surface area contributed by atoms with Gasteiger partial charge in [-0.05, 0) is 68.4 Å². The van der Waals surface area contributed by atoms with Crippen molar-refractivity contribution in [2.75, 3.05) is 13.1 Å². The average molecular weight is 490 g/mol. The van der Waals surface area contributed by atoms with E-state index in [0.29, 0.717) is 49.4 Å². The maximum absolute atomic E-state index is 13.0. The summed E-state index contributed by atoms with van der Waals surface area (Å²) < 4.78 is 11.6. The Morgan fingerprint density at radius 1 is 1.17 bits per heavy atom.